The van der Waals surface area contributed by atoms with Gasteiger partial charge in [-0.15, -0.1) is 0 Å². The van der Waals surface area contributed by atoms with Gasteiger partial charge in [0, 0.05) is 31.4 Å². The smallest absolute Gasteiger partial charge is 0.274 e. The van der Waals surface area contributed by atoms with Crippen molar-refractivity contribution in [3.63, 3.8) is 0 Å². The number of carbonyl (C=O) groups excluding carboxylic acids is 1. The first-order chi connectivity index (χ1) is 11.2. The summed E-state index contributed by atoms with van der Waals surface area (Å²) in [5, 5.41) is 3.34. The van der Waals surface area contributed by atoms with E-state index in [-0.39, 0.29) is 11.9 Å². The minimum atomic E-state index is -0.102. The molecule has 0 bridgehead atoms. The number of carbonyl (C=O) groups is 1. The van der Waals surface area contributed by atoms with Crippen molar-refractivity contribution in [3.8, 4) is 5.75 Å². The number of aromatic nitrogens is 2. The van der Waals surface area contributed by atoms with Crippen molar-refractivity contribution in [1.29, 1.82) is 0 Å². The molecule has 3 rings (SSSR count). The fourth-order valence-electron chi connectivity index (χ4n) is 2.82. The predicted octanol–water partition coefficient (Wildman–Crippen LogP) is 1.58. The first-order valence-corrected chi connectivity index (χ1v) is 7.64. The van der Waals surface area contributed by atoms with Gasteiger partial charge in [0.1, 0.15) is 11.4 Å². The van der Waals surface area contributed by atoms with E-state index >= 15 is 0 Å². The molecule has 1 aliphatic heterocycles. The van der Waals surface area contributed by atoms with Gasteiger partial charge in [-0.25, -0.2) is 4.98 Å². The number of hydrogen-bond acceptors (Lipinski definition) is 5. The third-order valence-corrected chi connectivity index (χ3v) is 4.00. The first-order valence-electron chi connectivity index (χ1n) is 7.64. The van der Waals surface area contributed by atoms with Gasteiger partial charge in [0.15, 0.2) is 0 Å². The van der Waals surface area contributed by atoms with Gasteiger partial charge in [-0.2, -0.15) is 0 Å². The largest absolute Gasteiger partial charge is 0.496 e. The summed E-state index contributed by atoms with van der Waals surface area (Å²) in [5.74, 6) is 0.684. The molecule has 0 spiro atoms. The van der Waals surface area contributed by atoms with Gasteiger partial charge < -0.3 is 15.0 Å². The maximum absolute atomic E-state index is 12.8. The fraction of sp³-hybridized carbons (Fsp3) is 0.353. The summed E-state index contributed by atoms with van der Waals surface area (Å²) in [6.07, 6.45) is 3.16. The van der Waals surface area contributed by atoms with E-state index < -0.39 is 0 Å². The third kappa shape index (κ3) is 3.17. The molecule has 0 saturated carbocycles. The number of rotatable bonds is 3. The number of aryl methyl sites for hydroxylation is 1. The van der Waals surface area contributed by atoms with Crippen LogP contribution in [0.15, 0.2) is 36.7 Å². The third-order valence-electron chi connectivity index (χ3n) is 4.00. The Labute approximate surface area is 135 Å². The molecule has 2 aromatic rings. The number of ether oxygens (including phenoxy) is 1. The Morgan fingerprint density at radius 2 is 2.13 bits per heavy atom. The molecular weight excluding hydrogens is 292 g/mol. The van der Waals surface area contributed by atoms with E-state index in [1.54, 1.807) is 19.5 Å². The van der Waals surface area contributed by atoms with E-state index in [0.29, 0.717) is 18.8 Å². The Kier molecular flexibility index (Phi) is 4.52. The van der Waals surface area contributed by atoms with Crippen molar-refractivity contribution in [2.75, 3.05) is 26.7 Å². The summed E-state index contributed by atoms with van der Waals surface area (Å²) < 4.78 is 5.45. The van der Waals surface area contributed by atoms with Crippen molar-refractivity contribution in [2.24, 2.45) is 0 Å². The van der Waals surface area contributed by atoms with Gasteiger partial charge in [0.2, 0.25) is 0 Å². The number of para-hydroxylation sites is 1. The number of amides is 1. The van der Waals surface area contributed by atoms with Crippen molar-refractivity contribution < 1.29 is 9.53 Å². The van der Waals surface area contributed by atoms with Crippen molar-refractivity contribution >= 4 is 5.91 Å². The van der Waals surface area contributed by atoms with Crippen LogP contribution in [-0.4, -0.2) is 47.5 Å². The van der Waals surface area contributed by atoms with Gasteiger partial charge in [-0.05, 0) is 13.0 Å². The zero-order chi connectivity index (χ0) is 16.2. The Morgan fingerprint density at radius 1 is 1.30 bits per heavy atom. The molecule has 6 heteroatoms. The highest BCUT2D eigenvalue weighted by atomic mass is 16.5. The molecule has 1 N–H and O–H groups in total. The average molecular weight is 312 g/mol. The van der Waals surface area contributed by atoms with E-state index in [4.69, 9.17) is 4.74 Å². The Hall–Kier alpha value is -2.47. The number of benzene rings is 1. The Morgan fingerprint density at radius 3 is 2.87 bits per heavy atom. The normalized spacial score (nSPS) is 17.8. The van der Waals surface area contributed by atoms with E-state index in [0.717, 1.165) is 23.6 Å². The van der Waals surface area contributed by atoms with Crippen LogP contribution in [0.5, 0.6) is 5.75 Å². The van der Waals surface area contributed by atoms with Crippen LogP contribution in [0.25, 0.3) is 0 Å². The number of piperazine rings is 1. The molecule has 1 atom stereocenters. The monoisotopic (exact) mass is 312 g/mol. The molecule has 2 heterocycles. The van der Waals surface area contributed by atoms with Crippen LogP contribution >= 0.6 is 0 Å². The van der Waals surface area contributed by atoms with E-state index in [1.165, 1.54) is 0 Å². The van der Waals surface area contributed by atoms with Crippen LogP contribution in [-0.2, 0) is 0 Å². The van der Waals surface area contributed by atoms with E-state index in [1.807, 2.05) is 36.1 Å². The second-order valence-electron chi connectivity index (χ2n) is 5.50. The highest BCUT2D eigenvalue weighted by Gasteiger charge is 2.31. The number of nitrogens with one attached hydrogen (secondary N) is 1. The standard InChI is InChI=1S/C17H20N4O2/c1-12-9-20-14(10-19-12)17(22)21-8-7-18-11-15(21)13-5-3-4-6-16(13)23-2/h3-6,9-10,15,18H,7-8,11H2,1-2H3. The lowest BCUT2D eigenvalue weighted by Gasteiger charge is -2.36. The first kappa shape index (κ1) is 15.4. The second kappa shape index (κ2) is 6.75. The van der Waals surface area contributed by atoms with Gasteiger partial charge in [-0.3, -0.25) is 9.78 Å². The molecule has 1 amide bonds. The maximum Gasteiger partial charge on any atom is 0.274 e. The molecule has 120 valence electrons. The van der Waals surface area contributed by atoms with E-state index in [2.05, 4.69) is 15.3 Å². The molecule has 1 saturated heterocycles. The van der Waals surface area contributed by atoms with Crippen molar-refractivity contribution in [3.05, 3.63) is 53.6 Å². The Balaban J connectivity index is 1.92. The van der Waals surface area contributed by atoms with Crippen molar-refractivity contribution in [1.82, 2.24) is 20.2 Å². The van der Waals surface area contributed by atoms with Crippen molar-refractivity contribution in [2.45, 2.75) is 13.0 Å². The molecule has 6 nitrogen and oxygen atoms in total. The highest BCUT2D eigenvalue weighted by molar-refractivity contribution is 5.92. The highest BCUT2D eigenvalue weighted by Crippen LogP contribution is 2.30. The lowest BCUT2D eigenvalue weighted by Crippen LogP contribution is -2.49. The summed E-state index contributed by atoms with van der Waals surface area (Å²) in [6, 6.07) is 7.71. The maximum atomic E-state index is 12.8. The molecule has 1 aliphatic rings. The Bertz CT molecular complexity index is 687. The lowest BCUT2D eigenvalue weighted by atomic mass is 10.0. The lowest BCUT2D eigenvalue weighted by molar-refractivity contribution is 0.0625. The molecule has 1 unspecified atom stereocenters. The average Bonchev–Trinajstić information content (AvgIpc) is 2.62. The summed E-state index contributed by atoms with van der Waals surface area (Å²) in [6.45, 7) is 3.92. The minimum Gasteiger partial charge on any atom is -0.496 e. The van der Waals surface area contributed by atoms with Crippen LogP contribution in [0.1, 0.15) is 27.8 Å². The number of methoxy groups -OCH3 is 1. The molecule has 23 heavy (non-hydrogen) atoms. The summed E-state index contributed by atoms with van der Waals surface area (Å²) in [7, 11) is 1.65. The second-order valence-corrected chi connectivity index (χ2v) is 5.50. The summed E-state index contributed by atoms with van der Waals surface area (Å²) in [5.41, 5.74) is 2.16. The SMILES string of the molecule is COc1ccccc1C1CNCCN1C(=O)c1cnc(C)cn1. The van der Waals surface area contributed by atoms with Gasteiger partial charge in [-0.1, -0.05) is 18.2 Å². The van der Waals surface area contributed by atoms with Crippen LogP contribution in [0.3, 0.4) is 0 Å². The zero-order valence-electron chi connectivity index (χ0n) is 13.3. The van der Waals surface area contributed by atoms with Gasteiger partial charge in [0.25, 0.3) is 5.91 Å². The van der Waals surface area contributed by atoms with Crippen LogP contribution in [0.2, 0.25) is 0 Å². The fourth-order valence-corrected chi connectivity index (χ4v) is 2.82. The van der Waals surface area contributed by atoms with Gasteiger partial charge in [0.05, 0.1) is 25.0 Å². The van der Waals surface area contributed by atoms with Crippen LogP contribution in [0.4, 0.5) is 0 Å². The number of nitrogens with zero attached hydrogens (tertiary/aromatic N) is 3. The molecule has 1 aromatic heterocycles. The summed E-state index contributed by atoms with van der Waals surface area (Å²) in [4.78, 5) is 23.1. The molecule has 0 aliphatic carbocycles. The number of hydrogen-bond donors (Lipinski definition) is 1. The summed E-state index contributed by atoms with van der Waals surface area (Å²) >= 11 is 0. The molecule has 1 fully saturated rings. The molecule has 0 radical (unpaired) electrons. The molecule has 1 aromatic carbocycles. The quantitative estimate of drug-likeness (QED) is 0.932. The van der Waals surface area contributed by atoms with Crippen LogP contribution < -0.4 is 10.1 Å². The predicted molar refractivity (Wildman–Crippen MR) is 86.4 cm³/mol. The zero-order valence-corrected chi connectivity index (χ0v) is 13.3. The topological polar surface area (TPSA) is 67.3 Å². The van der Waals surface area contributed by atoms with Gasteiger partial charge >= 0.3 is 0 Å². The molecular formula is C17H20N4O2. The minimum absolute atomic E-state index is 0.0875. The van der Waals surface area contributed by atoms with E-state index in [9.17, 15) is 4.79 Å². The van der Waals surface area contributed by atoms with Crippen LogP contribution in [0, 0.1) is 6.92 Å².